The molecule has 2 aliphatic rings. The van der Waals surface area contributed by atoms with Crippen LogP contribution in [0.1, 0.15) is 51.9 Å². The van der Waals surface area contributed by atoms with Gasteiger partial charge in [-0.1, -0.05) is 26.2 Å². The SMILES string of the molecule is CC1(C(=O)NCCOC2CCNCC2)CCCCC1. The van der Waals surface area contributed by atoms with Gasteiger partial charge < -0.3 is 15.4 Å². The van der Waals surface area contributed by atoms with E-state index in [9.17, 15) is 4.79 Å². The quantitative estimate of drug-likeness (QED) is 0.748. The van der Waals surface area contributed by atoms with Crippen molar-refractivity contribution in [2.45, 2.75) is 58.0 Å². The Labute approximate surface area is 116 Å². The van der Waals surface area contributed by atoms with Gasteiger partial charge in [0, 0.05) is 12.0 Å². The minimum atomic E-state index is -0.132. The summed E-state index contributed by atoms with van der Waals surface area (Å²) in [4.78, 5) is 12.2. The summed E-state index contributed by atoms with van der Waals surface area (Å²) in [5.74, 6) is 0.223. The van der Waals surface area contributed by atoms with Crippen LogP contribution in [0.5, 0.6) is 0 Å². The minimum Gasteiger partial charge on any atom is -0.376 e. The van der Waals surface area contributed by atoms with Crippen molar-refractivity contribution in [3.8, 4) is 0 Å². The van der Waals surface area contributed by atoms with E-state index in [2.05, 4.69) is 17.6 Å². The fourth-order valence-electron chi connectivity index (χ4n) is 3.12. The maximum Gasteiger partial charge on any atom is 0.226 e. The Hall–Kier alpha value is -0.610. The lowest BCUT2D eigenvalue weighted by Crippen LogP contribution is -2.42. The van der Waals surface area contributed by atoms with E-state index in [1.165, 1.54) is 19.3 Å². The summed E-state index contributed by atoms with van der Waals surface area (Å²) in [6.07, 6.45) is 8.29. The number of ether oxygens (including phenoxy) is 1. The molecule has 2 N–H and O–H groups in total. The normalized spacial score (nSPS) is 24.1. The number of carbonyl (C=O) groups is 1. The largest absolute Gasteiger partial charge is 0.376 e. The first-order valence-corrected chi connectivity index (χ1v) is 7.81. The predicted octanol–water partition coefficient (Wildman–Crippen LogP) is 1.84. The zero-order valence-corrected chi connectivity index (χ0v) is 12.2. The number of nitrogens with one attached hydrogen (secondary N) is 2. The van der Waals surface area contributed by atoms with Crippen LogP contribution in [-0.2, 0) is 9.53 Å². The molecule has 19 heavy (non-hydrogen) atoms. The molecule has 1 heterocycles. The first-order valence-electron chi connectivity index (χ1n) is 7.81. The molecule has 110 valence electrons. The molecule has 1 saturated heterocycles. The second-order valence-corrected chi connectivity index (χ2v) is 6.20. The minimum absolute atomic E-state index is 0.132. The number of rotatable bonds is 5. The zero-order valence-electron chi connectivity index (χ0n) is 12.2. The molecule has 0 radical (unpaired) electrons. The van der Waals surface area contributed by atoms with Gasteiger partial charge in [-0.2, -0.15) is 0 Å². The summed E-state index contributed by atoms with van der Waals surface area (Å²) in [6, 6.07) is 0. The van der Waals surface area contributed by atoms with Gasteiger partial charge in [0.2, 0.25) is 5.91 Å². The van der Waals surface area contributed by atoms with Gasteiger partial charge in [0.05, 0.1) is 12.7 Å². The highest BCUT2D eigenvalue weighted by atomic mass is 16.5. The fraction of sp³-hybridized carbons (Fsp3) is 0.933. The average molecular weight is 268 g/mol. The molecule has 2 fully saturated rings. The van der Waals surface area contributed by atoms with Gasteiger partial charge in [0.25, 0.3) is 0 Å². The topological polar surface area (TPSA) is 50.4 Å². The standard InChI is InChI=1S/C15H28N2O2/c1-15(7-3-2-4-8-15)14(18)17-11-12-19-13-5-9-16-10-6-13/h13,16H,2-12H2,1H3,(H,17,18). The molecular weight excluding hydrogens is 240 g/mol. The molecule has 1 amide bonds. The first kappa shape index (κ1) is 14.8. The Morgan fingerprint density at radius 3 is 2.63 bits per heavy atom. The summed E-state index contributed by atoms with van der Waals surface area (Å²) in [5, 5.41) is 6.37. The van der Waals surface area contributed by atoms with Crippen LogP contribution < -0.4 is 10.6 Å². The van der Waals surface area contributed by atoms with Crippen molar-refractivity contribution >= 4 is 5.91 Å². The molecule has 0 aromatic carbocycles. The highest BCUT2D eigenvalue weighted by Gasteiger charge is 2.34. The number of amides is 1. The fourth-order valence-corrected chi connectivity index (χ4v) is 3.12. The molecule has 4 heteroatoms. The monoisotopic (exact) mass is 268 g/mol. The van der Waals surface area contributed by atoms with Crippen LogP contribution in [0.15, 0.2) is 0 Å². The Kier molecular flexibility index (Phi) is 5.64. The van der Waals surface area contributed by atoms with Gasteiger partial charge in [-0.3, -0.25) is 4.79 Å². The van der Waals surface area contributed by atoms with E-state index < -0.39 is 0 Å². The Balaban J connectivity index is 1.60. The van der Waals surface area contributed by atoms with E-state index in [0.717, 1.165) is 38.8 Å². The van der Waals surface area contributed by atoms with Crippen LogP contribution in [0.2, 0.25) is 0 Å². The summed E-state index contributed by atoms with van der Waals surface area (Å²) >= 11 is 0. The molecule has 1 aliphatic heterocycles. The lowest BCUT2D eigenvalue weighted by molar-refractivity contribution is -0.132. The maximum absolute atomic E-state index is 12.2. The van der Waals surface area contributed by atoms with Crippen LogP contribution in [0.3, 0.4) is 0 Å². The highest BCUT2D eigenvalue weighted by Crippen LogP contribution is 2.35. The van der Waals surface area contributed by atoms with Gasteiger partial charge >= 0.3 is 0 Å². The summed E-state index contributed by atoms with van der Waals surface area (Å²) < 4.78 is 5.80. The van der Waals surface area contributed by atoms with Crippen molar-refractivity contribution in [1.29, 1.82) is 0 Å². The molecule has 2 rings (SSSR count). The van der Waals surface area contributed by atoms with E-state index in [4.69, 9.17) is 4.74 Å². The summed E-state index contributed by atoms with van der Waals surface area (Å²) in [6.45, 7) is 5.50. The Bertz CT molecular complexity index is 282. The van der Waals surface area contributed by atoms with Crippen LogP contribution >= 0.6 is 0 Å². The third-order valence-corrected chi connectivity index (χ3v) is 4.53. The van der Waals surface area contributed by atoms with E-state index in [1.807, 2.05) is 0 Å². The lowest BCUT2D eigenvalue weighted by Gasteiger charge is -2.32. The van der Waals surface area contributed by atoms with Crippen LogP contribution in [0.4, 0.5) is 0 Å². The van der Waals surface area contributed by atoms with Crippen molar-refractivity contribution in [1.82, 2.24) is 10.6 Å². The third-order valence-electron chi connectivity index (χ3n) is 4.53. The van der Waals surface area contributed by atoms with E-state index in [-0.39, 0.29) is 11.3 Å². The van der Waals surface area contributed by atoms with Gasteiger partial charge in [0.15, 0.2) is 0 Å². The third kappa shape index (κ3) is 4.46. The van der Waals surface area contributed by atoms with Crippen LogP contribution in [0.25, 0.3) is 0 Å². The van der Waals surface area contributed by atoms with E-state index in [0.29, 0.717) is 19.3 Å². The van der Waals surface area contributed by atoms with Gasteiger partial charge in [-0.15, -0.1) is 0 Å². The van der Waals surface area contributed by atoms with Gasteiger partial charge in [0.1, 0.15) is 0 Å². The van der Waals surface area contributed by atoms with Gasteiger partial charge in [-0.05, 0) is 38.8 Å². The molecule has 0 bridgehead atoms. The van der Waals surface area contributed by atoms with Crippen molar-refractivity contribution in [2.24, 2.45) is 5.41 Å². The average Bonchev–Trinajstić information content (AvgIpc) is 2.45. The zero-order chi connectivity index (χ0) is 13.6. The number of carbonyl (C=O) groups excluding carboxylic acids is 1. The number of piperidine rings is 1. The molecule has 0 atom stereocenters. The second kappa shape index (κ2) is 7.25. The van der Waals surface area contributed by atoms with Crippen molar-refractivity contribution in [2.75, 3.05) is 26.2 Å². The highest BCUT2D eigenvalue weighted by molar-refractivity contribution is 5.82. The molecule has 0 spiro atoms. The molecule has 1 saturated carbocycles. The molecule has 0 aromatic rings. The van der Waals surface area contributed by atoms with Crippen molar-refractivity contribution in [3.63, 3.8) is 0 Å². The molecule has 0 aromatic heterocycles. The maximum atomic E-state index is 12.2. The van der Waals surface area contributed by atoms with Crippen LogP contribution in [0, 0.1) is 5.41 Å². The van der Waals surface area contributed by atoms with Crippen molar-refractivity contribution < 1.29 is 9.53 Å². The van der Waals surface area contributed by atoms with Crippen LogP contribution in [-0.4, -0.2) is 38.3 Å². The van der Waals surface area contributed by atoms with Crippen molar-refractivity contribution in [3.05, 3.63) is 0 Å². The summed E-state index contributed by atoms with van der Waals surface area (Å²) in [7, 11) is 0. The second-order valence-electron chi connectivity index (χ2n) is 6.20. The van der Waals surface area contributed by atoms with E-state index in [1.54, 1.807) is 0 Å². The Morgan fingerprint density at radius 1 is 1.26 bits per heavy atom. The molecule has 0 unspecified atom stereocenters. The molecule has 4 nitrogen and oxygen atoms in total. The van der Waals surface area contributed by atoms with E-state index >= 15 is 0 Å². The first-order chi connectivity index (χ1) is 9.21. The smallest absolute Gasteiger partial charge is 0.226 e. The predicted molar refractivity (Wildman–Crippen MR) is 76.0 cm³/mol. The number of hydrogen-bond donors (Lipinski definition) is 2. The molecular formula is C15H28N2O2. The van der Waals surface area contributed by atoms with Gasteiger partial charge in [-0.25, -0.2) is 0 Å². The molecule has 1 aliphatic carbocycles. The summed E-state index contributed by atoms with van der Waals surface area (Å²) in [5.41, 5.74) is -0.132. The number of hydrogen-bond acceptors (Lipinski definition) is 3. The Morgan fingerprint density at radius 2 is 1.95 bits per heavy atom. The lowest BCUT2D eigenvalue weighted by atomic mass is 9.75.